The van der Waals surface area contributed by atoms with Gasteiger partial charge in [-0.15, -0.1) is 0 Å². The average molecular weight is 351 g/mol. The molecule has 0 aliphatic carbocycles. The quantitative estimate of drug-likeness (QED) is 0.427. The molecule has 2 aliphatic rings. The highest BCUT2D eigenvalue weighted by atomic mass is 16.6. The van der Waals surface area contributed by atoms with Crippen molar-refractivity contribution in [2.45, 2.75) is 13.0 Å². The summed E-state index contributed by atoms with van der Waals surface area (Å²) in [4.78, 5) is 26.5. The van der Waals surface area contributed by atoms with Crippen molar-refractivity contribution in [2.24, 2.45) is 5.10 Å². The number of furan rings is 1. The van der Waals surface area contributed by atoms with Gasteiger partial charge in [0, 0.05) is 32.7 Å². The molecule has 1 amide bonds. The van der Waals surface area contributed by atoms with Crippen LogP contribution in [0.25, 0.3) is 0 Å². The second-order valence-corrected chi connectivity index (χ2v) is 6.00. The van der Waals surface area contributed by atoms with E-state index >= 15 is 0 Å². The van der Waals surface area contributed by atoms with Gasteiger partial charge in [-0.1, -0.05) is 6.92 Å². The highest BCUT2D eigenvalue weighted by Crippen LogP contribution is 2.16. The third-order valence-electron chi connectivity index (χ3n) is 4.35. The van der Waals surface area contributed by atoms with Crippen LogP contribution in [0.5, 0.6) is 0 Å². The number of hydrogen-bond donors (Lipinski definition) is 0. The first kappa shape index (κ1) is 17.4. The number of cyclic esters (lactones) is 1. The van der Waals surface area contributed by atoms with Crippen molar-refractivity contribution in [3.8, 4) is 0 Å². The summed E-state index contributed by atoms with van der Waals surface area (Å²) in [5.74, 6) is -0.159. The Hall–Kier alpha value is -2.46. The number of nitro groups is 1. The molecule has 2 saturated heterocycles. The Labute approximate surface area is 144 Å². The van der Waals surface area contributed by atoms with Gasteiger partial charge in [-0.25, -0.2) is 4.79 Å². The van der Waals surface area contributed by atoms with Gasteiger partial charge in [0.1, 0.15) is 11.0 Å². The molecule has 0 saturated carbocycles. The molecule has 3 heterocycles. The molecule has 0 N–H and O–H groups in total. The maximum atomic E-state index is 11.9. The number of piperazine rings is 1. The highest BCUT2D eigenvalue weighted by molar-refractivity contribution is 5.78. The predicted molar refractivity (Wildman–Crippen MR) is 88.5 cm³/mol. The number of carbonyl (C=O) groups excluding carboxylic acids is 1. The lowest BCUT2D eigenvalue weighted by molar-refractivity contribution is -0.402. The third-order valence-corrected chi connectivity index (χ3v) is 4.35. The van der Waals surface area contributed by atoms with Crippen molar-refractivity contribution in [1.29, 1.82) is 0 Å². The van der Waals surface area contributed by atoms with Gasteiger partial charge >= 0.3 is 12.0 Å². The number of rotatable bonds is 6. The van der Waals surface area contributed by atoms with E-state index in [9.17, 15) is 14.9 Å². The highest BCUT2D eigenvalue weighted by Gasteiger charge is 2.33. The molecule has 2 fully saturated rings. The van der Waals surface area contributed by atoms with Crippen LogP contribution >= 0.6 is 0 Å². The number of amides is 1. The van der Waals surface area contributed by atoms with Gasteiger partial charge in [0.2, 0.25) is 0 Å². The van der Waals surface area contributed by atoms with E-state index in [4.69, 9.17) is 9.15 Å². The summed E-state index contributed by atoms with van der Waals surface area (Å²) in [6, 6.07) is 2.66. The lowest BCUT2D eigenvalue weighted by atomic mass is 10.2. The van der Waals surface area contributed by atoms with Gasteiger partial charge in [-0.05, 0) is 12.6 Å². The van der Waals surface area contributed by atoms with Crippen LogP contribution in [0.2, 0.25) is 0 Å². The topological polar surface area (TPSA) is 105 Å². The SMILES string of the molecule is CCN1CCN(CC2CN(N=Cc3ccc([N+](=O)[O-])o3)C(=O)O2)CC1. The van der Waals surface area contributed by atoms with Gasteiger partial charge in [-0.3, -0.25) is 15.0 Å². The zero-order valence-electron chi connectivity index (χ0n) is 14.0. The summed E-state index contributed by atoms with van der Waals surface area (Å²) in [5, 5.41) is 15.8. The molecular weight excluding hydrogens is 330 g/mol. The Morgan fingerprint density at radius 2 is 2.04 bits per heavy atom. The summed E-state index contributed by atoms with van der Waals surface area (Å²) in [7, 11) is 0. The van der Waals surface area contributed by atoms with E-state index in [-0.39, 0.29) is 17.7 Å². The second-order valence-electron chi connectivity index (χ2n) is 6.00. The van der Waals surface area contributed by atoms with E-state index in [1.165, 1.54) is 23.4 Å². The van der Waals surface area contributed by atoms with Crippen LogP contribution in [0, 0.1) is 10.1 Å². The number of hydrazone groups is 1. The molecule has 0 bridgehead atoms. The van der Waals surface area contributed by atoms with Gasteiger partial charge < -0.3 is 14.1 Å². The van der Waals surface area contributed by atoms with Gasteiger partial charge in [-0.2, -0.15) is 10.1 Å². The molecule has 0 aromatic carbocycles. The lowest BCUT2D eigenvalue weighted by Gasteiger charge is -2.34. The van der Waals surface area contributed by atoms with Crippen LogP contribution in [0.3, 0.4) is 0 Å². The smallest absolute Gasteiger partial charge is 0.433 e. The molecule has 10 nitrogen and oxygen atoms in total. The number of hydrogen-bond acceptors (Lipinski definition) is 8. The van der Waals surface area contributed by atoms with Crippen molar-refractivity contribution in [2.75, 3.05) is 45.8 Å². The van der Waals surface area contributed by atoms with E-state index < -0.39 is 11.0 Å². The minimum absolute atomic E-state index is 0.207. The van der Waals surface area contributed by atoms with Crippen LogP contribution in [0.1, 0.15) is 12.7 Å². The fourth-order valence-electron chi connectivity index (χ4n) is 2.91. The molecule has 0 radical (unpaired) electrons. The second kappa shape index (κ2) is 7.62. The summed E-state index contributed by atoms with van der Waals surface area (Å²) in [6.07, 6.45) is 0.523. The zero-order valence-corrected chi connectivity index (χ0v) is 14.0. The summed E-state index contributed by atoms with van der Waals surface area (Å²) < 4.78 is 10.3. The predicted octanol–water partition coefficient (Wildman–Crippen LogP) is 0.980. The molecular formula is C15H21N5O5. The molecule has 3 rings (SSSR count). The first-order valence-electron chi connectivity index (χ1n) is 8.26. The van der Waals surface area contributed by atoms with Crippen LogP contribution in [0.4, 0.5) is 10.7 Å². The summed E-state index contributed by atoms with van der Waals surface area (Å²) >= 11 is 0. The van der Waals surface area contributed by atoms with Crippen LogP contribution in [0.15, 0.2) is 21.7 Å². The number of likely N-dealkylation sites (N-methyl/N-ethyl adjacent to an activating group) is 1. The van der Waals surface area contributed by atoms with E-state index in [2.05, 4.69) is 21.8 Å². The van der Waals surface area contributed by atoms with Crippen molar-refractivity contribution < 1.29 is 18.9 Å². The Kier molecular flexibility index (Phi) is 5.29. The van der Waals surface area contributed by atoms with Gasteiger partial charge in [0.05, 0.1) is 18.8 Å². The summed E-state index contributed by atoms with van der Waals surface area (Å²) in [5.41, 5.74) is 0. The fourth-order valence-corrected chi connectivity index (χ4v) is 2.91. The minimum atomic E-state index is -0.629. The number of carbonyl (C=O) groups is 1. The van der Waals surface area contributed by atoms with Crippen LogP contribution in [-0.2, 0) is 4.74 Å². The van der Waals surface area contributed by atoms with E-state index in [1.807, 2.05) is 0 Å². The van der Waals surface area contributed by atoms with Gasteiger partial charge in [0.25, 0.3) is 0 Å². The standard InChI is InChI=1S/C15H21N5O5/c1-2-17-5-7-18(8-6-17)10-13-11-19(15(21)25-13)16-9-12-3-4-14(24-12)20(22)23/h3-4,9,13H,2,5-8,10-11H2,1H3. The minimum Gasteiger partial charge on any atom is -0.441 e. The molecule has 1 unspecified atom stereocenters. The van der Waals surface area contributed by atoms with Crippen LogP contribution < -0.4 is 0 Å². The molecule has 10 heteroatoms. The normalized spacial score (nSPS) is 22.7. The van der Waals surface area contributed by atoms with Crippen LogP contribution in [-0.4, -0.2) is 84.0 Å². The van der Waals surface area contributed by atoms with E-state index in [1.54, 1.807) is 0 Å². The Morgan fingerprint density at radius 1 is 1.32 bits per heavy atom. The Balaban J connectivity index is 1.50. The van der Waals surface area contributed by atoms with Crippen molar-refractivity contribution in [3.05, 3.63) is 28.0 Å². The number of nitrogens with zero attached hydrogens (tertiary/aromatic N) is 5. The molecule has 25 heavy (non-hydrogen) atoms. The first-order chi connectivity index (χ1) is 12.0. The zero-order chi connectivity index (χ0) is 17.8. The molecule has 2 aliphatic heterocycles. The van der Waals surface area contributed by atoms with Crippen molar-refractivity contribution in [1.82, 2.24) is 14.8 Å². The van der Waals surface area contributed by atoms with Crippen molar-refractivity contribution >= 4 is 18.2 Å². The molecule has 1 aromatic heterocycles. The Bertz CT molecular complexity index is 652. The monoisotopic (exact) mass is 351 g/mol. The maximum Gasteiger partial charge on any atom is 0.433 e. The summed E-state index contributed by atoms with van der Waals surface area (Å²) in [6.45, 7) is 8.21. The molecule has 0 spiro atoms. The molecule has 1 aromatic rings. The average Bonchev–Trinajstić information content (AvgIpc) is 3.20. The van der Waals surface area contributed by atoms with Crippen molar-refractivity contribution in [3.63, 3.8) is 0 Å². The fraction of sp³-hybridized carbons (Fsp3) is 0.600. The lowest BCUT2D eigenvalue weighted by Crippen LogP contribution is -2.48. The largest absolute Gasteiger partial charge is 0.441 e. The first-order valence-corrected chi connectivity index (χ1v) is 8.26. The third kappa shape index (κ3) is 4.34. The van der Waals surface area contributed by atoms with Gasteiger partial charge in [0.15, 0.2) is 5.76 Å². The Morgan fingerprint density at radius 3 is 2.68 bits per heavy atom. The van der Waals surface area contributed by atoms with E-state index in [0.29, 0.717) is 13.1 Å². The number of ether oxygens (including phenoxy) is 1. The maximum absolute atomic E-state index is 11.9. The van der Waals surface area contributed by atoms with E-state index in [0.717, 1.165) is 32.7 Å². The molecule has 1 atom stereocenters. The molecule has 136 valence electrons.